The van der Waals surface area contributed by atoms with Gasteiger partial charge in [-0.05, 0) is 40.0 Å². The number of anilines is 1. The lowest BCUT2D eigenvalue weighted by molar-refractivity contribution is 0.359. The highest BCUT2D eigenvalue weighted by molar-refractivity contribution is 5.46. The lowest BCUT2D eigenvalue weighted by Crippen LogP contribution is -2.36. The Morgan fingerprint density at radius 3 is 2.58 bits per heavy atom. The van der Waals surface area contributed by atoms with E-state index in [0.717, 1.165) is 49.7 Å². The standard InChI is InChI=1S/C17H27N7/c1-5-13-10-19-12(2)20-16(13)23-8-6-14(7-9-23)24-11-15(21-22-24)17(3,4)18/h10-11,14H,5-9,18H2,1-4H3. The summed E-state index contributed by atoms with van der Waals surface area (Å²) in [5, 5.41) is 8.53. The number of piperidine rings is 1. The molecular formula is C17H27N7. The molecule has 0 unspecified atom stereocenters. The fraction of sp³-hybridized carbons (Fsp3) is 0.647. The third-order valence-electron chi connectivity index (χ3n) is 4.65. The summed E-state index contributed by atoms with van der Waals surface area (Å²) >= 11 is 0. The van der Waals surface area contributed by atoms with E-state index >= 15 is 0 Å². The van der Waals surface area contributed by atoms with Crippen molar-refractivity contribution in [3.8, 4) is 0 Å². The topological polar surface area (TPSA) is 85.8 Å². The van der Waals surface area contributed by atoms with Gasteiger partial charge in [-0.3, -0.25) is 0 Å². The minimum atomic E-state index is -0.451. The summed E-state index contributed by atoms with van der Waals surface area (Å²) in [6.45, 7) is 9.93. The lowest BCUT2D eigenvalue weighted by atomic mass is 10.0. The molecule has 0 saturated carbocycles. The molecule has 1 saturated heterocycles. The highest BCUT2D eigenvalue weighted by Gasteiger charge is 2.26. The molecule has 3 heterocycles. The minimum absolute atomic E-state index is 0.373. The summed E-state index contributed by atoms with van der Waals surface area (Å²) in [5.74, 6) is 1.92. The van der Waals surface area contributed by atoms with Gasteiger partial charge in [0.15, 0.2) is 0 Å². The van der Waals surface area contributed by atoms with E-state index in [-0.39, 0.29) is 0 Å². The first-order valence-corrected chi connectivity index (χ1v) is 8.67. The van der Waals surface area contributed by atoms with Crippen molar-refractivity contribution in [2.45, 2.75) is 58.5 Å². The number of rotatable bonds is 4. The van der Waals surface area contributed by atoms with Gasteiger partial charge in [0.2, 0.25) is 0 Å². The first kappa shape index (κ1) is 16.8. The fourth-order valence-electron chi connectivity index (χ4n) is 3.10. The zero-order chi connectivity index (χ0) is 17.3. The van der Waals surface area contributed by atoms with Crippen molar-refractivity contribution in [1.29, 1.82) is 0 Å². The molecule has 1 aliphatic heterocycles. The van der Waals surface area contributed by atoms with Gasteiger partial charge in [-0.1, -0.05) is 12.1 Å². The second-order valence-corrected chi connectivity index (χ2v) is 7.14. The van der Waals surface area contributed by atoms with Crippen LogP contribution >= 0.6 is 0 Å². The Hall–Kier alpha value is -2.02. The molecule has 7 nitrogen and oxygen atoms in total. The predicted molar refractivity (Wildman–Crippen MR) is 93.9 cm³/mol. The molecule has 2 aromatic heterocycles. The van der Waals surface area contributed by atoms with Crippen molar-refractivity contribution < 1.29 is 0 Å². The molecule has 0 amide bonds. The Balaban J connectivity index is 1.70. The maximum absolute atomic E-state index is 6.11. The smallest absolute Gasteiger partial charge is 0.135 e. The summed E-state index contributed by atoms with van der Waals surface area (Å²) < 4.78 is 1.98. The average molecular weight is 329 g/mol. The number of aromatic nitrogens is 5. The van der Waals surface area contributed by atoms with E-state index in [1.807, 2.05) is 37.8 Å². The van der Waals surface area contributed by atoms with Crippen molar-refractivity contribution in [1.82, 2.24) is 25.0 Å². The van der Waals surface area contributed by atoms with Gasteiger partial charge in [0.05, 0.1) is 17.8 Å². The predicted octanol–water partition coefficient (Wildman–Crippen LogP) is 1.97. The molecule has 130 valence electrons. The second kappa shape index (κ2) is 6.47. The number of hydrogen-bond donors (Lipinski definition) is 1. The van der Waals surface area contributed by atoms with Gasteiger partial charge in [-0.2, -0.15) is 0 Å². The third-order valence-corrected chi connectivity index (χ3v) is 4.65. The first-order valence-electron chi connectivity index (χ1n) is 8.67. The first-order chi connectivity index (χ1) is 11.4. The van der Waals surface area contributed by atoms with E-state index in [0.29, 0.717) is 6.04 Å². The molecule has 1 aliphatic rings. The van der Waals surface area contributed by atoms with Gasteiger partial charge >= 0.3 is 0 Å². The molecule has 1 fully saturated rings. The normalized spacial score (nSPS) is 16.6. The van der Waals surface area contributed by atoms with Gasteiger partial charge in [-0.25, -0.2) is 14.6 Å². The van der Waals surface area contributed by atoms with Gasteiger partial charge in [0, 0.05) is 24.8 Å². The minimum Gasteiger partial charge on any atom is -0.356 e. The fourth-order valence-corrected chi connectivity index (χ4v) is 3.10. The summed E-state index contributed by atoms with van der Waals surface area (Å²) in [7, 11) is 0. The van der Waals surface area contributed by atoms with Gasteiger partial charge < -0.3 is 10.6 Å². The van der Waals surface area contributed by atoms with Crippen LogP contribution in [0, 0.1) is 6.92 Å². The molecule has 0 atom stereocenters. The molecule has 2 aromatic rings. The maximum Gasteiger partial charge on any atom is 0.135 e. The second-order valence-electron chi connectivity index (χ2n) is 7.14. The Kier molecular flexibility index (Phi) is 4.54. The molecule has 2 N–H and O–H groups in total. The summed E-state index contributed by atoms with van der Waals surface area (Å²) in [5.41, 5.74) is 7.71. The van der Waals surface area contributed by atoms with Crippen molar-refractivity contribution >= 4 is 5.82 Å². The van der Waals surface area contributed by atoms with Crippen molar-refractivity contribution in [3.05, 3.63) is 29.5 Å². The van der Waals surface area contributed by atoms with Crippen molar-refractivity contribution in [2.75, 3.05) is 18.0 Å². The van der Waals surface area contributed by atoms with Crippen LogP contribution in [-0.2, 0) is 12.0 Å². The molecule has 0 spiro atoms. The molecule has 0 aliphatic carbocycles. The molecule has 7 heteroatoms. The Morgan fingerprint density at radius 1 is 1.29 bits per heavy atom. The molecule has 0 aromatic carbocycles. The summed E-state index contributed by atoms with van der Waals surface area (Å²) in [6.07, 6.45) is 6.96. The van der Waals surface area contributed by atoms with Gasteiger partial charge in [0.25, 0.3) is 0 Å². The van der Waals surface area contributed by atoms with Crippen LogP contribution in [0.1, 0.15) is 56.7 Å². The average Bonchev–Trinajstić information content (AvgIpc) is 3.05. The zero-order valence-electron chi connectivity index (χ0n) is 15.0. The molecule has 3 rings (SSSR count). The quantitative estimate of drug-likeness (QED) is 0.923. The summed E-state index contributed by atoms with van der Waals surface area (Å²) in [6, 6.07) is 0.373. The van der Waals surface area contributed by atoms with E-state index in [9.17, 15) is 0 Å². The van der Waals surface area contributed by atoms with Crippen LogP contribution in [0.2, 0.25) is 0 Å². The third kappa shape index (κ3) is 3.40. The molecule has 0 bridgehead atoms. The highest BCUT2D eigenvalue weighted by Crippen LogP contribution is 2.27. The van der Waals surface area contributed by atoms with E-state index in [1.165, 1.54) is 5.56 Å². The monoisotopic (exact) mass is 329 g/mol. The van der Waals surface area contributed by atoms with Crippen LogP contribution in [0.15, 0.2) is 12.4 Å². The zero-order valence-corrected chi connectivity index (χ0v) is 15.0. The Bertz CT molecular complexity index is 693. The van der Waals surface area contributed by atoms with E-state index in [2.05, 4.69) is 32.1 Å². The van der Waals surface area contributed by atoms with Crippen molar-refractivity contribution in [3.63, 3.8) is 0 Å². The van der Waals surface area contributed by atoms with Crippen LogP contribution in [0.25, 0.3) is 0 Å². The van der Waals surface area contributed by atoms with Crippen LogP contribution in [0.5, 0.6) is 0 Å². The summed E-state index contributed by atoms with van der Waals surface area (Å²) in [4.78, 5) is 11.4. The molecular weight excluding hydrogens is 302 g/mol. The molecule has 0 radical (unpaired) electrons. The number of hydrogen-bond acceptors (Lipinski definition) is 6. The number of nitrogens with two attached hydrogens (primary N) is 1. The SMILES string of the molecule is CCc1cnc(C)nc1N1CCC(n2cc(C(C)(C)N)nn2)CC1. The van der Waals surface area contributed by atoms with Crippen LogP contribution < -0.4 is 10.6 Å². The van der Waals surface area contributed by atoms with Crippen LogP contribution in [0.3, 0.4) is 0 Å². The van der Waals surface area contributed by atoms with Gasteiger partial charge in [-0.15, -0.1) is 5.10 Å². The van der Waals surface area contributed by atoms with Crippen LogP contribution in [-0.4, -0.2) is 38.1 Å². The largest absolute Gasteiger partial charge is 0.356 e. The van der Waals surface area contributed by atoms with Crippen molar-refractivity contribution in [2.24, 2.45) is 5.73 Å². The Morgan fingerprint density at radius 2 is 2.00 bits per heavy atom. The number of aryl methyl sites for hydroxylation is 2. The van der Waals surface area contributed by atoms with Crippen LogP contribution in [0.4, 0.5) is 5.82 Å². The Labute approximate surface area is 143 Å². The van der Waals surface area contributed by atoms with Gasteiger partial charge in [0.1, 0.15) is 17.3 Å². The van der Waals surface area contributed by atoms with E-state index < -0.39 is 5.54 Å². The van der Waals surface area contributed by atoms with E-state index in [1.54, 1.807) is 0 Å². The van der Waals surface area contributed by atoms with E-state index in [4.69, 9.17) is 5.73 Å². The number of nitrogens with zero attached hydrogens (tertiary/aromatic N) is 6. The lowest BCUT2D eigenvalue weighted by Gasteiger charge is -2.33. The maximum atomic E-state index is 6.11. The molecule has 24 heavy (non-hydrogen) atoms. The highest BCUT2D eigenvalue weighted by atomic mass is 15.4.